The second-order valence-corrected chi connectivity index (χ2v) is 7.14. The first-order chi connectivity index (χ1) is 9.31. The first-order valence-corrected chi connectivity index (χ1v) is 8.30. The zero-order valence-corrected chi connectivity index (χ0v) is 13.7. The molecule has 8 heteroatoms. The van der Waals surface area contributed by atoms with Crippen LogP contribution in [0.1, 0.15) is 0 Å². The van der Waals surface area contributed by atoms with E-state index < -0.39 is 21.7 Å². The molecule has 0 aliphatic heterocycles. The third kappa shape index (κ3) is 3.18. The van der Waals surface area contributed by atoms with Crippen LogP contribution in [0.2, 0.25) is 0 Å². The van der Waals surface area contributed by atoms with Crippen molar-refractivity contribution in [1.29, 1.82) is 0 Å². The van der Waals surface area contributed by atoms with Crippen molar-refractivity contribution in [3.8, 4) is 0 Å². The van der Waals surface area contributed by atoms with Crippen molar-refractivity contribution in [1.82, 2.24) is 0 Å². The van der Waals surface area contributed by atoms with Gasteiger partial charge in [0.25, 0.3) is 10.0 Å². The topological polar surface area (TPSA) is 46.2 Å². The van der Waals surface area contributed by atoms with Gasteiger partial charge >= 0.3 is 0 Å². The van der Waals surface area contributed by atoms with Gasteiger partial charge in [-0.05, 0) is 62.2 Å². The summed E-state index contributed by atoms with van der Waals surface area (Å²) in [5.74, 6) is -1.30. The van der Waals surface area contributed by atoms with E-state index in [4.69, 9.17) is 0 Å². The zero-order chi connectivity index (χ0) is 14.9. The Morgan fingerprint density at radius 2 is 1.70 bits per heavy atom. The van der Waals surface area contributed by atoms with Crippen molar-refractivity contribution in [2.75, 3.05) is 4.72 Å². The normalized spacial score (nSPS) is 11.4. The molecule has 2 rings (SSSR count). The molecule has 20 heavy (non-hydrogen) atoms. The van der Waals surface area contributed by atoms with Crippen LogP contribution in [0.15, 0.2) is 50.2 Å². The van der Waals surface area contributed by atoms with Crippen LogP contribution in [-0.2, 0) is 10.0 Å². The quantitative estimate of drug-likeness (QED) is 0.795. The Kier molecular flexibility index (Phi) is 4.46. The summed E-state index contributed by atoms with van der Waals surface area (Å²) >= 11 is 6.03. The molecule has 3 nitrogen and oxygen atoms in total. The fraction of sp³-hybridized carbons (Fsp3) is 0. The molecule has 0 bridgehead atoms. The number of para-hydroxylation sites is 1. The Labute approximate surface area is 131 Å². The molecule has 0 aliphatic rings. The molecule has 0 atom stereocenters. The molecule has 0 saturated heterocycles. The number of halogens is 4. The molecule has 0 spiro atoms. The van der Waals surface area contributed by atoms with E-state index in [1.54, 1.807) is 0 Å². The summed E-state index contributed by atoms with van der Waals surface area (Å²) in [5.41, 5.74) is -0.205. The largest absolute Gasteiger partial charge is 0.275 e. The lowest BCUT2D eigenvalue weighted by Gasteiger charge is -2.11. The lowest BCUT2D eigenvalue weighted by atomic mass is 10.3. The predicted molar refractivity (Wildman–Crippen MR) is 79.0 cm³/mol. The molecule has 0 amide bonds. The minimum absolute atomic E-state index is 0.0532. The summed E-state index contributed by atoms with van der Waals surface area (Å²) < 4.78 is 53.4. The first kappa shape index (κ1) is 15.4. The lowest BCUT2D eigenvalue weighted by molar-refractivity contribution is 0.596. The number of nitrogens with one attached hydrogen (secondary N) is 1. The molecular weight excluding hydrogens is 420 g/mol. The van der Waals surface area contributed by atoms with Crippen molar-refractivity contribution in [3.05, 3.63) is 57.0 Å². The van der Waals surface area contributed by atoms with Crippen molar-refractivity contribution < 1.29 is 17.2 Å². The van der Waals surface area contributed by atoms with E-state index in [1.165, 1.54) is 12.1 Å². The Morgan fingerprint density at radius 1 is 1.00 bits per heavy atom. The Hall–Kier alpha value is -0.990. The number of benzene rings is 2. The van der Waals surface area contributed by atoms with Crippen LogP contribution in [0, 0.1) is 11.6 Å². The molecule has 2 aromatic rings. The van der Waals surface area contributed by atoms with Crippen LogP contribution in [-0.4, -0.2) is 8.42 Å². The standard InChI is InChI=1S/C12H7Br2F2NO2S/c13-8-2-1-3-10(16)12(8)17-20(18,19)11-5-4-7(15)6-9(11)14/h1-6,17H. The molecule has 2 aromatic carbocycles. The number of hydrogen-bond donors (Lipinski definition) is 1. The summed E-state index contributed by atoms with van der Waals surface area (Å²) in [5, 5.41) is 0. The van der Waals surface area contributed by atoms with Crippen LogP contribution in [0.3, 0.4) is 0 Å². The number of sulfonamides is 1. The second-order valence-electron chi connectivity index (χ2n) is 3.78. The summed E-state index contributed by atoms with van der Waals surface area (Å²) in [4.78, 5) is -0.186. The van der Waals surface area contributed by atoms with Crippen LogP contribution in [0.25, 0.3) is 0 Å². The highest BCUT2D eigenvalue weighted by Crippen LogP contribution is 2.30. The van der Waals surface area contributed by atoms with E-state index in [9.17, 15) is 17.2 Å². The Balaban J connectivity index is 2.46. The highest BCUT2D eigenvalue weighted by molar-refractivity contribution is 9.11. The fourth-order valence-corrected chi connectivity index (χ4v) is 4.19. The number of rotatable bonds is 3. The van der Waals surface area contributed by atoms with Gasteiger partial charge in [-0.25, -0.2) is 17.2 Å². The maximum Gasteiger partial charge on any atom is 0.263 e. The minimum atomic E-state index is -4.04. The maximum atomic E-state index is 13.6. The van der Waals surface area contributed by atoms with Crippen molar-refractivity contribution in [2.45, 2.75) is 4.90 Å². The van der Waals surface area contributed by atoms with Gasteiger partial charge in [0.1, 0.15) is 16.5 Å². The highest BCUT2D eigenvalue weighted by Gasteiger charge is 2.21. The van der Waals surface area contributed by atoms with Crippen LogP contribution in [0.4, 0.5) is 14.5 Å². The third-order valence-corrected chi connectivity index (χ3v) is 5.37. The number of hydrogen-bond acceptors (Lipinski definition) is 2. The molecule has 1 N–H and O–H groups in total. The van der Waals surface area contributed by atoms with Gasteiger partial charge in [-0.15, -0.1) is 0 Å². The number of anilines is 1. The van der Waals surface area contributed by atoms with E-state index in [0.29, 0.717) is 0 Å². The van der Waals surface area contributed by atoms with E-state index in [-0.39, 0.29) is 19.5 Å². The smallest absolute Gasteiger partial charge is 0.263 e. The van der Waals surface area contributed by atoms with Crippen LogP contribution >= 0.6 is 31.9 Å². The molecule has 0 fully saturated rings. The average molecular weight is 427 g/mol. The van der Waals surface area contributed by atoms with Crippen molar-refractivity contribution >= 4 is 47.6 Å². The predicted octanol–water partition coefficient (Wildman–Crippen LogP) is 4.29. The SMILES string of the molecule is O=S(=O)(Nc1c(F)cccc1Br)c1ccc(F)cc1Br. The van der Waals surface area contributed by atoms with Gasteiger partial charge in [0.15, 0.2) is 0 Å². The molecule has 106 valence electrons. The summed E-state index contributed by atoms with van der Waals surface area (Å²) in [6, 6.07) is 7.19. The van der Waals surface area contributed by atoms with E-state index in [2.05, 4.69) is 36.6 Å². The van der Waals surface area contributed by atoms with E-state index in [0.717, 1.165) is 24.3 Å². The summed E-state index contributed by atoms with van der Waals surface area (Å²) in [6.07, 6.45) is 0. The minimum Gasteiger partial charge on any atom is -0.275 e. The summed E-state index contributed by atoms with van der Waals surface area (Å²) in [6.45, 7) is 0. The van der Waals surface area contributed by atoms with Gasteiger partial charge in [-0.1, -0.05) is 6.07 Å². The van der Waals surface area contributed by atoms with Gasteiger partial charge in [0, 0.05) is 8.95 Å². The van der Waals surface area contributed by atoms with E-state index in [1.807, 2.05) is 0 Å². The third-order valence-electron chi connectivity index (χ3n) is 2.38. The molecule has 0 heterocycles. The summed E-state index contributed by atoms with van der Waals surface area (Å²) in [7, 11) is -4.04. The van der Waals surface area contributed by atoms with Crippen molar-refractivity contribution in [3.63, 3.8) is 0 Å². The van der Waals surface area contributed by atoms with E-state index >= 15 is 0 Å². The molecular formula is C12H7Br2F2NO2S. The van der Waals surface area contributed by atoms with Crippen LogP contribution < -0.4 is 4.72 Å². The van der Waals surface area contributed by atoms with Gasteiger partial charge in [-0.3, -0.25) is 4.72 Å². The molecule has 0 aromatic heterocycles. The first-order valence-electron chi connectivity index (χ1n) is 5.23. The maximum absolute atomic E-state index is 13.6. The monoisotopic (exact) mass is 425 g/mol. The van der Waals surface area contributed by atoms with Gasteiger partial charge in [0.05, 0.1) is 5.69 Å². The molecule has 0 saturated carbocycles. The highest BCUT2D eigenvalue weighted by atomic mass is 79.9. The molecule has 0 aliphatic carbocycles. The Morgan fingerprint density at radius 3 is 2.30 bits per heavy atom. The average Bonchev–Trinajstić information content (AvgIpc) is 2.33. The fourth-order valence-electron chi connectivity index (χ4n) is 1.48. The van der Waals surface area contributed by atoms with Gasteiger partial charge < -0.3 is 0 Å². The van der Waals surface area contributed by atoms with Crippen molar-refractivity contribution in [2.24, 2.45) is 0 Å². The van der Waals surface area contributed by atoms with Gasteiger partial charge in [-0.2, -0.15) is 0 Å². The molecule has 0 unspecified atom stereocenters. The van der Waals surface area contributed by atoms with Gasteiger partial charge in [0.2, 0.25) is 0 Å². The zero-order valence-electron chi connectivity index (χ0n) is 9.70. The van der Waals surface area contributed by atoms with Crippen LogP contribution in [0.5, 0.6) is 0 Å². The lowest BCUT2D eigenvalue weighted by Crippen LogP contribution is -2.15. The Bertz CT molecular complexity index is 746. The molecule has 0 radical (unpaired) electrons. The second kappa shape index (κ2) is 5.79.